The number of benzene rings is 3. The second-order valence-electron chi connectivity index (χ2n) is 9.29. The molecule has 1 aliphatic rings. The zero-order valence-corrected chi connectivity index (χ0v) is 19.8. The van der Waals surface area contributed by atoms with E-state index in [-0.39, 0.29) is 11.6 Å². The average Bonchev–Trinajstić information content (AvgIpc) is 2.78. The van der Waals surface area contributed by atoms with Gasteiger partial charge in [0.1, 0.15) is 5.75 Å². The van der Waals surface area contributed by atoms with Crippen molar-refractivity contribution in [3.8, 4) is 5.75 Å². The fraction of sp³-hybridized carbons (Fsp3) is 0.286. The van der Waals surface area contributed by atoms with Crippen molar-refractivity contribution in [3.63, 3.8) is 0 Å². The van der Waals surface area contributed by atoms with Crippen molar-refractivity contribution in [1.29, 1.82) is 0 Å². The van der Waals surface area contributed by atoms with Gasteiger partial charge in [-0.2, -0.15) is 0 Å². The second-order valence-corrected chi connectivity index (χ2v) is 13.5. The molecule has 3 aromatic rings. The lowest BCUT2D eigenvalue weighted by Crippen LogP contribution is -2.68. The maximum Gasteiger partial charge on any atom is 0.319 e. The fourth-order valence-electron chi connectivity index (χ4n) is 4.89. The largest absolute Gasteiger partial charge is 0.534 e. The van der Waals surface area contributed by atoms with E-state index in [9.17, 15) is 5.11 Å². The lowest BCUT2D eigenvalue weighted by Gasteiger charge is -2.43. The van der Waals surface area contributed by atoms with Gasteiger partial charge in [0, 0.05) is 12.2 Å². The predicted molar refractivity (Wildman–Crippen MR) is 133 cm³/mol. The van der Waals surface area contributed by atoms with Crippen LogP contribution in [0.1, 0.15) is 44.7 Å². The molecule has 0 atom stereocenters. The molecule has 0 radical (unpaired) electrons. The first-order chi connectivity index (χ1) is 15.0. The van der Waals surface area contributed by atoms with Crippen LogP contribution >= 0.6 is 0 Å². The molecule has 0 fully saturated rings. The molecular formula is C28H32O2Si. The van der Waals surface area contributed by atoms with E-state index in [4.69, 9.17) is 4.43 Å². The molecule has 0 amide bonds. The van der Waals surface area contributed by atoms with Crippen molar-refractivity contribution in [2.45, 2.75) is 45.1 Å². The van der Waals surface area contributed by atoms with Gasteiger partial charge >= 0.3 is 8.32 Å². The van der Waals surface area contributed by atoms with Crippen molar-refractivity contribution < 1.29 is 9.53 Å². The minimum Gasteiger partial charge on any atom is -0.534 e. The van der Waals surface area contributed by atoms with E-state index >= 15 is 0 Å². The first-order valence-corrected chi connectivity index (χ1v) is 13.1. The maximum absolute atomic E-state index is 9.54. The standard InChI is InChI=1S/C28H32O2Si/c1-28(2,3)31(23-13-6-4-7-14-23,24-15-8-5-9-16-24)30-27-19-11-17-25-22(20-21-29)12-10-18-26(25)27/h4-9,11-17,19,29H,10,18,20-21H2,1-3H3. The summed E-state index contributed by atoms with van der Waals surface area (Å²) in [7, 11) is -2.66. The van der Waals surface area contributed by atoms with Crippen LogP contribution in [0.3, 0.4) is 0 Å². The van der Waals surface area contributed by atoms with E-state index < -0.39 is 8.32 Å². The van der Waals surface area contributed by atoms with Crippen LogP contribution in [0, 0.1) is 0 Å². The molecule has 3 aromatic carbocycles. The third-order valence-corrected chi connectivity index (χ3v) is 11.3. The quantitative estimate of drug-likeness (QED) is 0.537. The van der Waals surface area contributed by atoms with Crippen LogP contribution < -0.4 is 14.8 Å². The number of aliphatic hydroxyl groups excluding tert-OH is 1. The van der Waals surface area contributed by atoms with Crippen LogP contribution in [0.15, 0.2) is 84.9 Å². The lowest BCUT2D eigenvalue weighted by molar-refractivity contribution is 0.304. The van der Waals surface area contributed by atoms with E-state index in [1.54, 1.807) is 0 Å². The monoisotopic (exact) mass is 428 g/mol. The topological polar surface area (TPSA) is 29.5 Å². The summed E-state index contributed by atoms with van der Waals surface area (Å²) in [6.07, 6.45) is 4.92. The van der Waals surface area contributed by atoms with Crippen LogP contribution in [-0.2, 0) is 6.42 Å². The molecule has 0 bridgehead atoms. The van der Waals surface area contributed by atoms with Crippen molar-refractivity contribution >= 4 is 24.3 Å². The number of hydrogen-bond acceptors (Lipinski definition) is 2. The summed E-state index contributed by atoms with van der Waals surface area (Å²) in [5.41, 5.74) is 3.74. The molecule has 160 valence electrons. The Kier molecular flexibility index (Phi) is 6.17. The van der Waals surface area contributed by atoms with E-state index in [2.05, 4.69) is 106 Å². The van der Waals surface area contributed by atoms with Crippen LogP contribution in [0.25, 0.3) is 5.57 Å². The van der Waals surface area contributed by atoms with Gasteiger partial charge in [0.15, 0.2) is 0 Å². The SMILES string of the molecule is CC(C)(C)[Si](Oc1cccc2c1CCC=C2CCO)(c1ccccc1)c1ccccc1. The second kappa shape index (κ2) is 8.86. The van der Waals surface area contributed by atoms with E-state index in [0.29, 0.717) is 6.42 Å². The lowest BCUT2D eigenvalue weighted by atomic mass is 9.89. The maximum atomic E-state index is 9.54. The molecule has 0 unspecified atom stereocenters. The average molecular weight is 429 g/mol. The molecule has 1 aliphatic carbocycles. The molecule has 0 saturated carbocycles. The molecule has 0 heterocycles. The highest BCUT2D eigenvalue weighted by molar-refractivity contribution is 7.00. The van der Waals surface area contributed by atoms with Gasteiger partial charge in [0.05, 0.1) is 0 Å². The minimum absolute atomic E-state index is 0.0726. The van der Waals surface area contributed by atoms with Crippen LogP contribution in [0.5, 0.6) is 5.75 Å². The van der Waals surface area contributed by atoms with Gasteiger partial charge in [-0.1, -0.05) is 99.6 Å². The van der Waals surface area contributed by atoms with Crippen molar-refractivity contribution in [1.82, 2.24) is 0 Å². The molecule has 3 heteroatoms. The fourth-order valence-corrected chi connectivity index (χ4v) is 9.34. The number of rotatable bonds is 6. The van der Waals surface area contributed by atoms with E-state index in [0.717, 1.165) is 18.6 Å². The van der Waals surface area contributed by atoms with Crippen LogP contribution in [-0.4, -0.2) is 20.0 Å². The molecule has 4 rings (SSSR count). The zero-order valence-electron chi connectivity index (χ0n) is 18.8. The summed E-state index contributed by atoms with van der Waals surface area (Å²) in [6, 6.07) is 28.0. The molecule has 0 aliphatic heterocycles. The Bertz CT molecular complexity index is 1010. The van der Waals surface area contributed by atoms with Crippen LogP contribution in [0.2, 0.25) is 5.04 Å². The Labute approximate surface area is 187 Å². The zero-order chi connectivity index (χ0) is 21.9. The highest BCUT2D eigenvalue weighted by Crippen LogP contribution is 2.41. The first kappa shape index (κ1) is 21.6. The van der Waals surface area contributed by atoms with Gasteiger partial charge in [-0.05, 0) is 51.9 Å². The van der Waals surface area contributed by atoms with Gasteiger partial charge in [-0.25, -0.2) is 0 Å². The van der Waals surface area contributed by atoms with Gasteiger partial charge in [-0.15, -0.1) is 0 Å². The molecule has 1 N–H and O–H groups in total. The number of aliphatic hydroxyl groups is 1. The van der Waals surface area contributed by atoms with Crippen LogP contribution in [0.4, 0.5) is 0 Å². The minimum atomic E-state index is -2.66. The number of hydrogen-bond donors (Lipinski definition) is 1. The normalized spacial score (nSPS) is 14.0. The Morgan fingerprint density at radius 3 is 2.00 bits per heavy atom. The summed E-state index contributed by atoms with van der Waals surface area (Å²) in [5.74, 6) is 0.996. The Morgan fingerprint density at radius 2 is 1.45 bits per heavy atom. The van der Waals surface area contributed by atoms with E-state index in [1.807, 2.05) is 0 Å². The van der Waals surface area contributed by atoms with Gasteiger partial charge in [-0.3, -0.25) is 0 Å². The summed E-state index contributed by atoms with van der Waals surface area (Å²) in [4.78, 5) is 0. The van der Waals surface area contributed by atoms with Gasteiger partial charge in [0.2, 0.25) is 0 Å². The molecular weight excluding hydrogens is 396 g/mol. The Morgan fingerprint density at radius 1 is 0.839 bits per heavy atom. The third-order valence-electron chi connectivity index (χ3n) is 6.33. The summed E-state index contributed by atoms with van der Waals surface area (Å²) in [6.45, 7) is 7.11. The number of fused-ring (bicyclic) bond motifs is 1. The molecule has 0 saturated heterocycles. The Balaban J connectivity index is 1.92. The highest BCUT2D eigenvalue weighted by atomic mass is 28.4. The first-order valence-electron chi connectivity index (χ1n) is 11.2. The highest BCUT2D eigenvalue weighted by Gasteiger charge is 2.52. The molecule has 0 aromatic heterocycles. The van der Waals surface area contributed by atoms with Crippen molar-refractivity contribution in [3.05, 3.63) is 96.1 Å². The van der Waals surface area contributed by atoms with Gasteiger partial charge in [0.25, 0.3) is 0 Å². The third kappa shape index (κ3) is 4.00. The molecule has 31 heavy (non-hydrogen) atoms. The molecule has 0 spiro atoms. The summed E-state index contributed by atoms with van der Waals surface area (Å²) in [5, 5.41) is 12.0. The summed E-state index contributed by atoms with van der Waals surface area (Å²) >= 11 is 0. The van der Waals surface area contributed by atoms with Crippen molar-refractivity contribution in [2.24, 2.45) is 0 Å². The summed E-state index contributed by atoms with van der Waals surface area (Å²) < 4.78 is 7.31. The number of allylic oxidation sites excluding steroid dienone is 1. The Hall–Kier alpha value is -2.62. The van der Waals surface area contributed by atoms with Crippen molar-refractivity contribution in [2.75, 3.05) is 6.61 Å². The smallest absolute Gasteiger partial charge is 0.319 e. The van der Waals surface area contributed by atoms with E-state index in [1.165, 1.54) is 27.1 Å². The predicted octanol–water partition coefficient (Wildman–Crippen LogP) is 5.34. The molecule has 2 nitrogen and oxygen atoms in total. The van der Waals surface area contributed by atoms with Gasteiger partial charge < -0.3 is 9.53 Å².